The van der Waals surface area contributed by atoms with Crippen LogP contribution in [0.25, 0.3) is 11.1 Å². The maximum Gasteiger partial charge on any atom is 0.274 e. The van der Waals surface area contributed by atoms with E-state index in [1.807, 2.05) is 0 Å². The third-order valence-electron chi connectivity index (χ3n) is 2.90. The summed E-state index contributed by atoms with van der Waals surface area (Å²) in [7, 11) is 1.58. The number of hydrogen-bond donors (Lipinski definition) is 2. The number of anilines is 1. The van der Waals surface area contributed by atoms with Crippen LogP contribution in [0, 0.1) is 0 Å². The predicted molar refractivity (Wildman–Crippen MR) is 74.1 cm³/mol. The van der Waals surface area contributed by atoms with Crippen molar-refractivity contribution in [2.75, 3.05) is 19.5 Å². The Kier molecular flexibility index (Phi) is 3.87. The molecule has 0 saturated carbocycles. The van der Waals surface area contributed by atoms with Gasteiger partial charge in [-0.25, -0.2) is 0 Å². The van der Waals surface area contributed by atoms with E-state index in [9.17, 15) is 9.90 Å². The number of rotatable bonds is 4. The minimum absolute atomic E-state index is 0.139. The fourth-order valence-electron chi connectivity index (χ4n) is 1.88. The Morgan fingerprint density at radius 1 is 1.37 bits per heavy atom. The number of phenols is 1. The number of ether oxygens (including phenoxy) is 1. The van der Waals surface area contributed by atoms with Gasteiger partial charge in [0, 0.05) is 25.4 Å². The Labute approximate surface area is 110 Å². The highest BCUT2D eigenvalue weighted by Gasteiger charge is 2.09. The average molecular weight is 260 g/mol. The fourth-order valence-corrected chi connectivity index (χ4v) is 1.88. The number of nitrogen functional groups attached to an aromatic ring is 1. The molecule has 1 heterocycles. The lowest BCUT2D eigenvalue weighted by atomic mass is 10.1. The highest BCUT2D eigenvalue weighted by atomic mass is 16.5. The van der Waals surface area contributed by atoms with E-state index >= 15 is 0 Å². The molecule has 0 aliphatic heterocycles. The molecule has 100 valence electrons. The zero-order valence-electron chi connectivity index (χ0n) is 10.7. The predicted octanol–water partition coefficient (Wildman–Crippen LogP) is 1.45. The van der Waals surface area contributed by atoms with Gasteiger partial charge < -0.3 is 20.1 Å². The van der Waals surface area contributed by atoms with Crippen molar-refractivity contribution in [3.8, 4) is 16.9 Å². The number of methoxy groups -OCH3 is 1. The minimum atomic E-state index is -0.252. The van der Waals surface area contributed by atoms with Gasteiger partial charge in [-0.3, -0.25) is 4.79 Å². The first-order valence-corrected chi connectivity index (χ1v) is 5.90. The summed E-state index contributed by atoms with van der Waals surface area (Å²) >= 11 is 0. The SMILES string of the molecule is COCCn1ccc(-c2cccc(O)c2)c(N)c1=O. The molecule has 0 aliphatic rings. The van der Waals surface area contributed by atoms with Crippen molar-refractivity contribution in [2.24, 2.45) is 0 Å². The molecule has 0 radical (unpaired) electrons. The van der Waals surface area contributed by atoms with Gasteiger partial charge in [0.2, 0.25) is 0 Å². The second-order valence-corrected chi connectivity index (χ2v) is 4.18. The first-order valence-electron chi connectivity index (χ1n) is 5.90. The number of hydrogen-bond acceptors (Lipinski definition) is 4. The highest BCUT2D eigenvalue weighted by Crippen LogP contribution is 2.25. The molecule has 0 spiro atoms. The molecule has 5 nitrogen and oxygen atoms in total. The molecular weight excluding hydrogens is 244 g/mol. The van der Waals surface area contributed by atoms with Crippen LogP contribution in [0.15, 0.2) is 41.3 Å². The molecule has 19 heavy (non-hydrogen) atoms. The van der Waals surface area contributed by atoms with Gasteiger partial charge >= 0.3 is 0 Å². The number of aromatic hydroxyl groups is 1. The van der Waals surface area contributed by atoms with Crippen molar-refractivity contribution in [3.05, 3.63) is 46.9 Å². The van der Waals surface area contributed by atoms with Crippen LogP contribution in [-0.4, -0.2) is 23.4 Å². The number of phenolic OH excluding ortho intramolecular Hbond substituents is 1. The Morgan fingerprint density at radius 2 is 2.16 bits per heavy atom. The lowest BCUT2D eigenvalue weighted by Gasteiger charge is -2.10. The molecule has 2 rings (SSSR count). The van der Waals surface area contributed by atoms with Crippen LogP contribution in [0.2, 0.25) is 0 Å². The van der Waals surface area contributed by atoms with Crippen LogP contribution in [-0.2, 0) is 11.3 Å². The monoisotopic (exact) mass is 260 g/mol. The summed E-state index contributed by atoms with van der Waals surface area (Å²) in [6, 6.07) is 8.41. The van der Waals surface area contributed by atoms with Crippen molar-refractivity contribution in [1.82, 2.24) is 4.57 Å². The quantitative estimate of drug-likeness (QED) is 0.872. The van der Waals surface area contributed by atoms with E-state index in [4.69, 9.17) is 10.5 Å². The number of aromatic nitrogens is 1. The van der Waals surface area contributed by atoms with Crippen LogP contribution < -0.4 is 11.3 Å². The summed E-state index contributed by atoms with van der Waals surface area (Å²) in [6.45, 7) is 0.907. The number of benzene rings is 1. The molecule has 3 N–H and O–H groups in total. The van der Waals surface area contributed by atoms with Crippen molar-refractivity contribution >= 4 is 5.69 Å². The van der Waals surface area contributed by atoms with Crippen LogP contribution in [0.4, 0.5) is 5.69 Å². The maximum absolute atomic E-state index is 12.1. The lowest BCUT2D eigenvalue weighted by Crippen LogP contribution is -2.24. The van der Waals surface area contributed by atoms with Gasteiger partial charge in [-0.1, -0.05) is 12.1 Å². The zero-order chi connectivity index (χ0) is 13.8. The van der Waals surface area contributed by atoms with Gasteiger partial charge in [0.05, 0.1) is 6.61 Å². The lowest BCUT2D eigenvalue weighted by molar-refractivity contribution is 0.186. The molecular formula is C14H16N2O3. The standard InChI is InChI=1S/C14H16N2O3/c1-19-8-7-16-6-5-12(13(15)14(16)18)10-3-2-4-11(17)9-10/h2-6,9,17H,7-8,15H2,1H3. The summed E-state index contributed by atoms with van der Waals surface area (Å²) in [4.78, 5) is 12.1. The van der Waals surface area contributed by atoms with E-state index in [2.05, 4.69) is 0 Å². The van der Waals surface area contributed by atoms with E-state index in [0.29, 0.717) is 24.3 Å². The minimum Gasteiger partial charge on any atom is -0.508 e. The van der Waals surface area contributed by atoms with E-state index < -0.39 is 0 Å². The maximum atomic E-state index is 12.1. The summed E-state index contributed by atoms with van der Waals surface area (Å²) in [5.74, 6) is 0.139. The van der Waals surface area contributed by atoms with E-state index in [1.54, 1.807) is 43.6 Å². The molecule has 1 aromatic carbocycles. The molecule has 0 amide bonds. The first kappa shape index (κ1) is 13.2. The van der Waals surface area contributed by atoms with Crippen LogP contribution in [0.3, 0.4) is 0 Å². The molecule has 0 atom stereocenters. The van der Waals surface area contributed by atoms with Gasteiger partial charge in [0.1, 0.15) is 11.4 Å². The van der Waals surface area contributed by atoms with E-state index in [1.165, 1.54) is 4.57 Å². The Bertz CT molecular complexity index is 635. The largest absolute Gasteiger partial charge is 0.508 e. The molecule has 2 aromatic rings. The van der Waals surface area contributed by atoms with Crippen LogP contribution >= 0.6 is 0 Å². The number of pyridine rings is 1. The number of nitrogens with zero attached hydrogens (tertiary/aromatic N) is 1. The van der Waals surface area contributed by atoms with Crippen LogP contribution in [0.1, 0.15) is 0 Å². The zero-order valence-corrected chi connectivity index (χ0v) is 10.7. The van der Waals surface area contributed by atoms with Crippen molar-refractivity contribution in [2.45, 2.75) is 6.54 Å². The molecule has 0 unspecified atom stereocenters. The molecule has 1 aromatic heterocycles. The van der Waals surface area contributed by atoms with Crippen LogP contribution in [0.5, 0.6) is 5.75 Å². The molecule has 5 heteroatoms. The van der Waals surface area contributed by atoms with E-state index in [0.717, 1.165) is 0 Å². The first-order chi connectivity index (χ1) is 9.13. The van der Waals surface area contributed by atoms with Crippen molar-refractivity contribution < 1.29 is 9.84 Å². The third-order valence-corrected chi connectivity index (χ3v) is 2.90. The smallest absolute Gasteiger partial charge is 0.274 e. The Morgan fingerprint density at radius 3 is 2.84 bits per heavy atom. The highest BCUT2D eigenvalue weighted by molar-refractivity contribution is 5.76. The summed E-state index contributed by atoms with van der Waals surface area (Å²) < 4.78 is 6.44. The molecule has 0 saturated heterocycles. The van der Waals surface area contributed by atoms with Gasteiger partial charge in [-0.15, -0.1) is 0 Å². The Hall–Kier alpha value is -2.27. The third kappa shape index (κ3) is 2.77. The normalized spacial score (nSPS) is 10.6. The topological polar surface area (TPSA) is 77.5 Å². The van der Waals surface area contributed by atoms with Gasteiger partial charge in [0.25, 0.3) is 5.56 Å². The van der Waals surface area contributed by atoms with E-state index in [-0.39, 0.29) is 17.0 Å². The van der Waals surface area contributed by atoms with Crippen molar-refractivity contribution in [3.63, 3.8) is 0 Å². The average Bonchev–Trinajstić information content (AvgIpc) is 2.40. The summed E-state index contributed by atoms with van der Waals surface area (Å²) in [5, 5.41) is 9.46. The Balaban J connectivity index is 2.44. The van der Waals surface area contributed by atoms with Gasteiger partial charge in [0.15, 0.2) is 0 Å². The molecule has 0 aliphatic carbocycles. The van der Waals surface area contributed by atoms with Crippen molar-refractivity contribution in [1.29, 1.82) is 0 Å². The molecule has 0 fully saturated rings. The fraction of sp³-hybridized carbons (Fsp3) is 0.214. The second-order valence-electron chi connectivity index (χ2n) is 4.18. The molecule has 0 bridgehead atoms. The van der Waals surface area contributed by atoms with Gasteiger partial charge in [-0.2, -0.15) is 0 Å². The summed E-state index contributed by atoms with van der Waals surface area (Å²) in [5.41, 5.74) is 7.14. The van der Waals surface area contributed by atoms with Gasteiger partial charge in [-0.05, 0) is 23.8 Å². The summed E-state index contributed by atoms with van der Waals surface area (Å²) in [6.07, 6.45) is 1.68. The second kappa shape index (κ2) is 5.58. The number of nitrogens with two attached hydrogens (primary N) is 1.